The Balaban J connectivity index is 1.53. The molecule has 5 aromatic rings. The van der Waals surface area contributed by atoms with Gasteiger partial charge in [-0.05, 0) is 62.1 Å². The van der Waals surface area contributed by atoms with E-state index < -0.39 is 5.97 Å². The van der Waals surface area contributed by atoms with Gasteiger partial charge >= 0.3 is 5.97 Å². The van der Waals surface area contributed by atoms with E-state index in [0.717, 1.165) is 63.2 Å². The van der Waals surface area contributed by atoms with Crippen LogP contribution in [0.15, 0.2) is 54.6 Å². The summed E-state index contributed by atoms with van der Waals surface area (Å²) in [4.78, 5) is 24.7. The number of pyridine rings is 1. The highest BCUT2D eigenvalue weighted by molar-refractivity contribution is 6.07. The molecule has 2 aromatic carbocycles. The number of aromatic carboxylic acids is 1. The van der Waals surface area contributed by atoms with Gasteiger partial charge in [-0.3, -0.25) is 4.57 Å². The number of imidazole rings is 1. The number of carbonyl (C=O) groups is 1. The first kappa shape index (κ1) is 18.8. The number of carboxylic acid groups (broad SMARTS) is 1. The molecule has 32 heavy (non-hydrogen) atoms. The zero-order valence-electron chi connectivity index (χ0n) is 17.9. The molecule has 0 spiro atoms. The predicted molar refractivity (Wildman–Crippen MR) is 125 cm³/mol. The summed E-state index contributed by atoms with van der Waals surface area (Å²) < 4.78 is 2.17. The molecule has 0 saturated heterocycles. The Morgan fingerprint density at radius 3 is 2.53 bits per heavy atom. The Morgan fingerprint density at radius 1 is 1.06 bits per heavy atom. The van der Waals surface area contributed by atoms with Crippen molar-refractivity contribution < 1.29 is 9.90 Å². The monoisotopic (exact) mass is 422 g/mol. The van der Waals surface area contributed by atoms with E-state index in [1.807, 2.05) is 55.5 Å². The average Bonchev–Trinajstić information content (AvgIpc) is 3.44. The molecule has 0 radical (unpaired) electrons. The van der Waals surface area contributed by atoms with Crippen molar-refractivity contribution in [3.63, 3.8) is 0 Å². The standard InChI is InChI=1S/C26H22N4O2/c1-14-13-15(2)27-25-22(14)29-24(17-7-8-17)30(25)18-11-9-16(10-12-18)21-19-5-3-4-6-20(19)28-23(21)26(31)32/h3-6,9-13,17,28H,7-8H2,1-2H3,(H,31,32). The third-order valence-corrected chi connectivity index (χ3v) is 6.24. The molecule has 0 atom stereocenters. The second kappa shape index (κ2) is 6.79. The lowest BCUT2D eigenvalue weighted by Gasteiger charge is -2.10. The number of rotatable bonds is 4. The van der Waals surface area contributed by atoms with Gasteiger partial charge < -0.3 is 10.1 Å². The van der Waals surface area contributed by atoms with Gasteiger partial charge in [0.1, 0.15) is 17.0 Å². The maximum Gasteiger partial charge on any atom is 0.352 e. The topological polar surface area (TPSA) is 83.8 Å². The van der Waals surface area contributed by atoms with Crippen molar-refractivity contribution in [2.24, 2.45) is 0 Å². The number of aromatic amines is 1. The fourth-order valence-electron chi connectivity index (χ4n) is 4.63. The Kier molecular flexibility index (Phi) is 3.99. The molecule has 1 fully saturated rings. The number of nitrogens with zero attached hydrogens (tertiary/aromatic N) is 3. The van der Waals surface area contributed by atoms with Gasteiger partial charge in [0.15, 0.2) is 5.65 Å². The lowest BCUT2D eigenvalue weighted by atomic mass is 10.0. The van der Waals surface area contributed by atoms with E-state index in [0.29, 0.717) is 11.5 Å². The van der Waals surface area contributed by atoms with Crippen LogP contribution in [0.5, 0.6) is 0 Å². The molecular weight excluding hydrogens is 400 g/mol. The van der Waals surface area contributed by atoms with Gasteiger partial charge in [0, 0.05) is 33.8 Å². The van der Waals surface area contributed by atoms with Crippen LogP contribution >= 0.6 is 0 Å². The number of aryl methyl sites for hydroxylation is 2. The van der Waals surface area contributed by atoms with Crippen molar-refractivity contribution in [3.05, 3.63) is 77.4 Å². The maximum absolute atomic E-state index is 11.9. The highest BCUT2D eigenvalue weighted by Crippen LogP contribution is 2.42. The highest BCUT2D eigenvalue weighted by atomic mass is 16.4. The SMILES string of the molecule is Cc1cc(C)c2nc(C3CC3)n(-c3ccc(-c4c(C(=O)O)[nH]c5ccccc45)cc3)c2n1. The molecule has 6 rings (SSSR count). The zero-order chi connectivity index (χ0) is 22.0. The number of hydrogen-bond acceptors (Lipinski definition) is 3. The van der Waals surface area contributed by atoms with Gasteiger partial charge in [0.2, 0.25) is 0 Å². The molecule has 0 unspecified atom stereocenters. The minimum absolute atomic E-state index is 0.207. The third-order valence-electron chi connectivity index (χ3n) is 6.24. The van der Waals surface area contributed by atoms with Crippen LogP contribution in [0.4, 0.5) is 0 Å². The summed E-state index contributed by atoms with van der Waals surface area (Å²) in [7, 11) is 0. The first-order valence-electron chi connectivity index (χ1n) is 10.8. The molecule has 6 nitrogen and oxygen atoms in total. The summed E-state index contributed by atoms with van der Waals surface area (Å²) in [5, 5.41) is 10.7. The first-order valence-corrected chi connectivity index (χ1v) is 10.8. The number of benzene rings is 2. The number of fused-ring (bicyclic) bond motifs is 2. The third kappa shape index (κ3) is 2.83. The molecule has 1 aliphatic carbocycles. The number of hydrogen-bond donors (Lipinski definition) is 2. The van der Waals surface area contributed by atoms with E-state index in [4.69, 9.17) is 9.97 Å². The van der Waals surface area contributed by atoms with Gasteiger partial charge in [-0.1, -0.05) is 30.3 Å². The molecule has 0 bridgehead atoms. The smallest absolute Gasteiger partial charge is 0.352 e. The van der Waals surface area contributed by atoms with Crippen molar-refractivity contribution in [1.82, 2.24) is 19.5 Å². The molecule has 1 aliphatic rings. The molecule has 3 heterocycles. The Labute approximate surface area is 184 Å². The van der Waals surface area contributed by atoms with E-state index in [9.17, 15) is 9.90 Å². The first-order chi connectivity index (χ1) is 15.5. The van der Waals surface area contributed by atoms with Crippen molar-refractivity contribution in [2.75, 3.05) is 0 Å². The van der Waals surface area contributed by atoms with Gasteiger partial charge in [0.25, 0.3) is 0 Å². The van der Waals surface area contributed by atoms with E-state index in [1.54, 1.807) is 0 Å². The molecule has 1 saturated carbocycles. The van der Waals surface area contributed by atoms with Crippen molar-refractivity contribution >= 4 is 28.0 Å². The fraction of sp³-hybridized carbons (Fsp3) is 0.192. The summed E-state index contributed by atoms with van der Waals surface area (Å²) in [6, 6.07) is 17.8. The van der Waals surface area contributed by atoms with Crippen LogP contribution in [-0.2, 0) is 0 Å². The number of nitrogens with one attached hydrogen (secondary N) is 1. The second-order valence-electron chi connectivity index (χ2n) is 8.61. The van der Waals surface area contributed by atoms with E-state index in [-0.39, 0.29) is 5.69 Å². The average molecular weight is 422 g/mol. The maximum atomic E-state index is 11.9. The molecule has 2 N–H and O–H groups in total. The van der Waals surface area contributed by atoms with Crippen LogP contribution in [0, 0.1) is 13.8 Å². The molecule has 3 aromatic heterocycles. The van der Waals surface area contributed by atoms with Crippen LogP contribution in [0.25, 0.3) is 38.9 Å². The van der Waals surface area contributed by atoms with Crippen LogP contribution in [0.2, 0.25) is 0 Å². The normalized spacial score (nSPS) is 13.8. The van der Waals surface area contributed by atoms with Crippen molar-refractivity contribution in [3.8, 4) is 16.8 Å². The summed E-state index contributed by atoms with van der Waals surface area (Å²) >= 11 is 0. The Bertz CT molecular complexity index is 1520. The summed E-state index contributed by atoms with van der Waals surface area (Å²) in [5.41, 5.74) is 7.53. The van der Waals surface area contributed by atoms with E-state index >= 15 is 0 Å². The second-order valence-corrected chi connectivity index (χ2v) is 8.61. The van der Waals surface area contributed by atoms with Crippen molar-refractivity contribution in [1.29, 1.82) is 0 Å². The highest BCUT2D eigenvalue weighted by Gasteiger charge is 2.31. The molecule has 0 aliphatic heterocycles. The van der Waals surface area contributed by atoms with Gasteiger partial charge in [0.05, 0.1) is 0 Å². The van der Waals surface area contributed by atoms with E-state index in [2.05, 4.69) is 22.5 Å². The lowest BCUT2D eigenvalue weighted by molar-refractivity contribution is 0.0692. The molecule has 6 heteroatoms. The minimum atomic E-state index is -0.966. The number of H-pyrrole nitrogens is 1. The van der Waals surface area contributed by atoms with Crippen LogP contribution in [-0.4, -0.2) is 30.6 Å². The summed E-state index contributed by atoms with van der Waals surface area (Å²) in [5.74, 6) is 0.565. The van der Waals surface area contributed by atoms with Gasteiger partial charge in [-0.25, -0.2) is 14.8 Å². The van der Waals surface area contributed by atoms with Gasteiger partial charge in [-0.15, -0.1) is 0 Å². The Hall–Kier alpha value is -3.93. The number of carboxylic acids is 1. The summed E-state index contributed by atoms with van der Waals surface area (Å²) in [6.07, 6.45) is 2.30. The number of para-hydroxylation sites is 1. The molecular formula is C26H22N4O2. The number of aromatic nitrogens is 4. The largest absolute Gasteiger partial charge is 0.477 e. The van der Waals surface area contributed by atoms with Crippen LogP contribution in [0.1, 0.15) is 46.3 Å². The van der Waals surface area contributed by atoms with Crippen LogP contribution in [0.3, 0.4) is 0 Å². The quantitative estimate of drug-likeness (QED) is 0.386. The molecule has 158 valence electrons. The predicted octanol–water partition coefficient (Wildman–Crippen LogP) is 5.76. The zero-order valence-corrected chi connectivity index (χ0v) is 17.9. The summed E-state index contributed by atoms with van der Waals surface area (Å²) in [6.45, 7) is 4.09. The lowest BCUT2D eigenvalue weighted by Crippen LogP contribution is -2.02. The minimum Gasteiger partial charge on any atom is -0.477 e. The molecule has 0 amide bonds. The van der Waals surface area contributed by atoms with Gasteiger partial charge in [-0.2, -0.15) is 0 Å². The van der Waals surface area contributed by atoms with Crippen LogP contribution < -0.4 is 0 Å². The van der Waals surface area contributed by atoms with Crippen molar-refractivity contribution in [2.45, 2.75) is 32.6 Å². The fourth-order valence-corrected chi connectivity index (χ4v) is 4.63. The van der Waals surface area contributed by atoms with E-state index in [1.165, 1.54) is 0 Å². The Morgan fingerprint density at radius 2 is 1.81 bits per heavy atom.